The number of carbonyl (C=O) groups excluding carboxylic acids is 1. The van der Waals surface area contributed by atoms with E-state index in [4.69, 9.17) is 10.5 Å². The van der Waals surface area contributed by atoms with Crippen molar-refractivity contribution in [2.24, 2.45) is 0 Å². The second kappa shape index (κ2) is 5.44. The van der Waals surface area contributed by atoms with Gasteiger partial charge in [-0.05, 0) is 30.7 Å². The summed E-state index contributed by atoms with van der Waals surface area (Å²) in [4.78, 5) is 12.1. The van der Waals surface area contributed by atoms with Crippen LogP contribution >= 0.6 is 0 Å². The Hall–Kier alpha value is -2.49. The van der Waals surface area contributed by atoms with Crippen molar-refractivity contribution >= 4 is 17.3 Å². The van der Waals surface area contributed by atoms with E-state index in [0.717, 1.165) is 5.56 Å². The van der Waals surface area contributed by atoms with Gasteiger partial charge in [-0.15, -0.1) is 0 Å². The highest BCUT2D eigenvalue weighted by Gasteiger charge is 2.14. The molecule has 2 aromatic carbocycles. The van der Waals surface area contributed by atoms with Gasteiger partial charge in [0.15, 0.2) is 0 Å². The van der Waals surface area contributed by atoms with Gasteiger partial charge in [0, 0.05) is 5.56 Å². The largest absolute Gasteiger partial charge is 0.494 e. The maximum Gasteiger partial charge on any atom is 0.255 e. The van der Waals surface area contributed by atoms with E-state index in [-0.39, 0.29) is 5.91 Å². The molecule has 0 fully saturated rings. The van der Waals surface area contributed by atoms with Crippen molar-refractivity contribution in [1.82, 2.24) is 0 Å². The van der Waals surface area contributed by atoms with Crippen LogP contribution in [0.15, 0.2) is 42.5 Å². The number of benzene rings is 2. The zero-order chi connectivity index (χ0) is 13.8. The summed E-state index contributed by atoms with van der Waals surface area (Å²) < 4.78 is 5.30. The molecule has 0 aromatic heterocycles. The zero-order valence-electron chi connectivity index (χ0n) is 10.9. The van der Waals surface area contributed by atoms with E-state index in [1.54, 1.807) is 25.3 Å². The molecule has 0 radical (unpaired) electrons. The first-order chi connectivity index (χ1) is 9.13. The van der Waals surface area contributed by atoms with Crippen LogP contribution < -0.4 is 15.8 Å². The molecule has 0 atom stereocenters. The quantitative estimate of drug-likeness (QED) is 0.830. The molecule has 98 valence electrons. The van der Waals surface area contributed by atoms with Crippen molar-refractivity contribution < 1.29 is 9.53 Å². The summed E-state index contributed by atoms with van der Waals surface area (Å²) in [6.07, 6.45) is 0. The number of carbonyl (C=O) groups is 1. The lowest BCUT2D eigenvalue weighted by Crippen LogP contribution is -2.14. The minimum atomic E-state index is -0.212. The summed E-state index contributed by atoms with van der Waals surface area (Å²) >= 11 is 0. The predicted octanol–water partition coefficient (Wildman–Crippen LogP) is 2.84. The number of hydrogen-bond acceptors (Lipinski definition) is 3. The SMILES string of the molecule is COc1c(C)ccc(N)c1NC(=O)c1ccccc1. The Morgan fingerprint density at radius 3 is 2.47 bits per heavy atom. The number of rotatable bonds is 3. The molecule has 2 rings (SSSR count). The average Bonchev–Trinajstić information content (AvgIpc) is 2.44. The van der Waals surface area contributed by atoms with E-state index in [0.29, 0.717) is 22.7 Å². The van der Waals surface area contributed by atoms with Crippen LogP contribution in [-0.4, -0.2) is 13.0 Å². The van der Waals surface area contributed by atoms with E-state index < -0.39 is 0 Å². The fraction of sp³-hybridized carbons (Fsp3) is 0.133. The first kappa shape index (κ1) is 13.0. The smallest absolute Gasteiger partial charge is 0.255 e. The topological polar surface area (TPSA) is 64.3 Å². The number of nitrogens with two attached hydrogens (primary N) is 1. The molecule has 0 saturated heterocycles. The average molecular weight is 256 g/mol. The minimum Gasteiger partial charge on any atom is -0.494 e. The Labute approximate surface area is 112 Å². The molecular weight excluding hydrogens is 240 g/mol. The minimum absolute atomic E-state index is 0.212. The number of aryl methyl sites for hydroxylation is 1. The molecule has 0 unspecified atom stereocenters. The van der Waals surface area contributed by atoms with Gasteiger partial charge in [0.25, 0.3) is 5.91 Å². The maximum absolute atomic E-state index is 12.1. The van der Waals surface area contributed by atoms with Gasteiger partial charge < -0.3 is 15.8 Å². The van der Waals surface area contributed by atoms with E-state index in [2.05, 4.69) is 5.32 Å². The van der Waals surface area contributed by atoms with Crippen molar-refractivity contribution in [3.05, 3.63) is 53.6 Å². The highest BCUT2D eigenvalue weighted by Crippen LogP contribution is 2.34. The molecule has 0 aliphatic carbocycles. The molecule has 0 saturated carbocycles. The van der Waals surface area contributed by atoms with Gasteiger partial charge in [-0.1, -0.05) is 24.3 Å². The molecule has 0 aliphatic rings. The van der Waals surface area contributed by atoms with Gasteiger partial charge in [-0.3, -0.25) is 4.79 Å². The molecule has 4 heteroatoms. The van der Waals surface area contributed by atoms with Gasteiger partial charge in [0.2, 0.25) is 0 Å². The fourth-order valence-electron chi connectivity index (χ4n) is 1.87. The molecule has 0 aliphatic heterocycles. The van der Waals surface area contributed by atoms with Gasteiger partial charge in [0.05, 0.1) is 12.8 Å². The number of methoxy groups -OCH3 is 1. The highest BCUT2D eigenvalue weighted by molar-refractivity contribution is 6.06. The summed E-state index contributed by atoms with van der Waals surface area (Å²) in [6.45, 7) is 1.90. The van der Waals surface area contributed by atoms with Gasteiger partial charge in [-0.25, -0.2) is 0 Å². The Kier molecular flexibility index (Phi) is 3.71. The van der Waals surface area contributed by atoms with Crippen LogP contribution in [0, 0.1) is 6.92 Å². The van der Waals surface area contributed by atoms with Crippen LogP contribution in [0.25, 0.3) is 0 Å². The number of hydrogen-bond donors (Lipinski definition) is 2. The van der Waals surface area contributed by atoms with Crippen molar-refractivity contribution in [3.8, 4) is 5.75 Å². The van der Waals surface area contributed by atoms with Crippen molar-refractivity contribution in [2.45, 2.75) is 6.92 Å². The molecular formula is C15H16N2O2. The number of ether oxygens (including phenoxy) is 1. The fourth-order valence-corrected chi connectivity index (χ4v) is 1.87. The van der Waals surface area contributed by atoms with Crippen molar-refractivity contribution in [1.29, 1.82) is 0 Å². The van der Waals surface area contributed by atoms with Gasteiger partial charge in [-0.2, -0.15) is 0 Å². The molecule has 1 amide bonds. The lowest BCUT2D eigenvalue weighted by Gasteiger charge is -2.14. The van der Waals surface area contributed by atoms with Crippen LogP contribution in [-0.2, 0) is 0 Å². The summed E-state index contributed by atoms with van der Waals surface area (Å²) in [5.41, 5.74) is 8.38. The first-order valence-electron chi connectivity index (χ1n) is 5.93. The second-order valence-corrected chi connectivity index (χ2v) is 4.20. The van der Waals surface area contributed by atoms with Gasteiger partial charge in [0.1, 0.15) is 11.4 Å². The third-order valence-electron chi connectivity index (χ3n) is 2.87. The molecule has 2 aromatic rings. The maximum atomic E-state index is 12.1. The van der Waals surface area contributed by atoms with Crippen LogP contribution in [0.5, 0.6) is 5.75 Å². The summed E-state index contributed by atoms with van der Waals surface area (Å²) in [5, 5.41) is 2.80. The van der Waals surface area contributed by atoms with E-state index in [1.165, 1.54) is 0 Å². The number of anilines is 2. The van der Waals surface area contributed by atoms with E-state index >= 15 is 0 Å². The third kappa shape index (κ3) is 2.68. The predicted molar refractivity (Wildman–Crippen MR) is 76.5 cm³/mol. The lowest BCUT2D eigenvalue weighted by molar-refractivity contribution is 0.102. The van der Waals surface area contributed by atoms with E-state index in [9.17, 15) is 4.79 Å². The molecule has 19 heavy (non-hydrogen) atoms. The molecule has 4 nitrogen and oxygen atoms in total. The Morgan fingerprint density at radius 2 is 1.84 bits per heavy atom. The second-order valence-electron chi connectivity index (χ2n) is 4.20. The van der Waals surface area contributed by atoms with E-state index in [1.807, 2.05) is 31.2 Å². The van der Waals surface area contributed by atoms with Gasteiger partial charge >= 0.3 is 0 Å². The molecule has 3 N–H and O–H groups in total. The zero-order valence-corrected chi connectivity index (χ0v) is 10.9. The number of nitrogens with one attached hydrogen (secondary N) is 1. The standard InChI is InChI=1S/C15H16N2O2/c1-10-8-9-12(16)13(14(10)19-2)17-15(18)11-6-4-3-5-7-11/h3-9H,16H2,1-2H3,(H,17,18). The Balaban J connectivity index is 2.34. The summed E-state index contributed by atoms with van der Waals surface area (Å²) in [6, 6.07) is 12.6. The Morgan fingerprint density at radius 1 is 1.16 bits per heavy atom. The lowest BCUT2D eigenvalue weighted by atomic mass is 10.1. The summed E-state index contributed by atoms with van der Waals surface area (Å²) in [5.74, 6) is 0.375. The molecule has 0 heterocycles. The number of amides is 1. The van der Waals surface area contributed by atoms with Crippen LogP contribution in [0.4, 0.5) is 11.4 Å². The first-order valence-corrected chi connectivity index (χ1v) is 5.93. The Bertz CT molecular complexity index is 595. The molecule has 0 bridgehead atoms. The molecule has 0 spiro atoms. The highest BCUT2D eigenvalue weighted by atomic mass is 16.5. The van der Waals surface area contributed by atoms with Crippen molar-refractivity contribution in [3.63, 3.8) is 0 Å². The number of nitrogen functional groups attached to an aromatic ring is 1. The third-order valence-corrected chi connectivity index (χ3v) is 2.87. The van der Waals surface area contributed by atoms with Crippen molar-refractivity contribution in [2.75, 3.05) is 18.2 Å². The summed E-state index contributed by atoms with van der Waals surface area (Å²) in [7, 11) is 1.56. The van der Waals surface area contributed by atoms with Crippen LogP contribution in [0.1, 0.15) is 15.9 Å². The normalized spacial score (nSPS) is 10.0. The van der Waals surface area contributed by atoms with Crippen LogP contribution in [0.3, 0.4) is 0 Å². The monoisotopic (exact) mass is 256 g/mol. The van der Waals surface area contributed by atoms with Crippen LogP contribution in [0.2, 0.25) is 0 Å².